The first kappa shape index (κ1) is 20.4. The molecule has 1 saturated carbocycles. The highest BCUT2D eigenvalue weighted by atomic mass is 16.3. The Balaban J connectivity index is 2.03. The van der Waals surface area contributed by atoms with Crippen LogP contribution in [0.3, 0.4) is 0 Å². The third-order valence-corrected chi connectivity index (χ3v) is 5.56. The number of ketones is 2. The van der Waals surface area contributed by atoms with Gasteiger partial charge in [0.05, 0.1) is 12.6 Å². The van der Waals surface area contributed by atoms with Gasteiger partial charge in [-0.05, 0) is 28.2 Å². The minimum Gasteiger partial charge on any atom is -0.394 e. The van der Waals surface area contributed by atoms with Gasteiger partial charge in [-0.2, -0.15) is 0 Å². The highest BCUT2D eigenvalue weighted by Gasteiger charge is 2.42. The number of nitrogens with zero attached hydrogens (tertiary/aromatic N) is 1. The molecule has 4 nitrogen and oxygen atoms in total. The van der Waals surface area contributed by atoms with Crippen LogP contribution in [-0.4, -0.2) is 35.0 Å². The molecule has 0 aliphatic heterocycles. The lowest BCUT2D eigenvalue weighted by Gasteiger charge is -2.33. The highest BCUT2D eigenvalue weighted by molar-refractivity contribution is 6.23. The van der Waals surface area contributed by atoms with Gasteiger partial charge in [-0.15, -0.1) is 0 Å². The van der Waals surface area contributed by atoms with Crippen LogP contribution in [0.1, 0.15) is 45.6 Å². The van der Waals surface area contributed by atoms with Gasteiger partial charge in [-0.3, -0.25) is 14.6 Å². The van der Waals surface area contributed by atoms with E-state index in [1.54, 1.807) is 0 Å². The molecule has 1 atom stereocenters. The van der Waals surface area contributed by atoms with E-state index in [9.17, 15) is 14.7 Å². The maximum absolute atomic E-state index is 12.9. The van der Waals surface area contributed by atoms with Gasteiger partial charge >= 0.3 is 0 Å². The molecular weight excluding hydrogens is 350 g/mol. The van der Waals surface area contributed by atoms with E-state index >= 15 is 0 Å². The van der Waals surface area contributed by atoms with Crippen LogP contribution in [0.15, 0.2) is 47.5 Å². The quantitative estimate of drug-likeness (QED) is 0.605. The number of fused-ring (bicyclic) bond motifs is 1. The fourth-order valence-electron chi connectivity index (χ4n) is 4.12. The van der Waals surface area contributed by atoms with Gasteiger partial charge in [0.15, 0.2) is 0 Å². The molecule has 2 aromatic rings. The summed E-state index contributed by atoms with van der Waals surface area (Å²) in [5.41, 5.74) is 1.36. The standard InChI is InChI=1S/C24H29NO3/c1-4-18(15-26)25-20(23-21(27)13-24(2,3)14-22(23)28)12-17-10-7-9-16-8-5-6-11-19(16)17/h5-11,18,23,26H,4,12-15H2,1-3H3/t18-/m0/s1. The zero-order valence-electron chi connectivity index (χ0n) is 16.9. The Morgan fingerprint density at radius 3 is 2.39 bits per heavy atom. The lowest BCUT2D eigenvalue weighted by Crippen LogP contribution is -2.43. The second-order valence-corrected chi connectivity index (χ2v) is 8.56. The predicted molar refractivity (Wildman–Crippen MR) is 113 cm³/mol. The summed E-state index contributed by atoms with van der Waals surface area (Å²) in [7, 11) is 0. The summed E-state index contributed by atoms with van der Waals surface area (Å²) in [6.45, 7) is 5.79. The average Bonchev–Trinajstić information content (AvgIpc) is 2.64. The molecule has 0 bridgehead atoms. The molecule has 1 N–H and O–H groups in total. The van der Waals surface area contributed by atoms with E-state index in [4.69, 9.17) is 4.99 Å². The predicted octanol–water partition coefficient (Wildman–Crippen LogP) is 4.17. The fraction of sp³-hybridized carbons (Fsp3) is 0.458. The molecule has 4 heteroatoms. The molecule has 0 heterocycles. The van der Waals surface area contributed by atoms with Crippen LogP contribution in [0.4, 0.5) is 0 Å². The number of rotatable bonds is 6. The van der Waals surface area contributed by atoms with Gasteiger partial charge in [0, 0.05) is 25.0 Å². The Hall–Kier alpha value is -2.33. The normalized spacial score (nSPS) is 19.2. The van der Waals surface area contributed by atoms with Crippen LogP contribution in [0, 0.1) is 11.3 Å². The van der Waals surface area contributed by atoms with Crippen molar-refractivity contribution >= 4 is 28.1 Å². The Bertz CT molecular complexity index is 884. The van der Waals surface area contributed by atoms with Crippen LogP contribution >= 0.6 is 0 Å². The van der Waals surface area contributed by atoms with Crippen LogP contribution < -0.4 is 0 Å². The van der Waals surface area contributed by atoms with Gasteiger partial charge in [0.25, 0.3) is 0 Å². The zero-order chi connectivity index (χ0) is 20.3. The van der Waals surface area contributed by atoms with Crippen LogP contribution in [0.2, 0.25) is 0 Å². The van der Waals surface area contributed by atoms with Gasteiger partial charge in [0.2, 0.25) is 0 Å². The van der Waals surface area contributed by atoms with Gasteiger partial charge < -0.3 is 5.11 Å². The zero-order valence-corrected chi connectivity index (χ0v) is 16.9. The minimum atomic E-state index is -0.785. The minimum absolute atomic E-state index is 0.0481. The van der Waals surface area contributed by atoms with Crippen molar-refractivity contribution in [3.05, 3.63) is 48.0 Å². The summed E-state index contributed by atoms with van der Waals surface area (Å²) in [6.07, 6.45) is 1.87. The van der Waals surface area contributed by atoms with Crippen molar-refractivity contribution in [2.75, 3.05) is 6.61 Å². The first-order valence-corrected chi connectivity index (χ1v) is 10.0. The monoisotopic (exact) mass is 379 g/mol. The maximum Gasteiger partial charge on any atom is 0.149 e. The number of aliphatic imine (C=N–C) groups is 1. The molecule has 3 rings (SSSR count). The Labute approximate surface area is 166 Å². The summed E-state index contributed by atoms with van der Waals surface area (Å²) in [4.78, 5) is 30.5. The number of carbonyl (C=O) groups is 2. The van der Waals surface area contributed by atoms with E-state index in [0.717, 1.165) is 16.3 Å². The molecule has 0 amide bonds. The molecule has 0 unspecified atom stereocenters. The third kappa shape index (κ3) is 4.39. The van der Waals surface area contributed by atoms with Crippen molar-refractivity contribution in [1.29, 1.82) is 0 Å². The molecule has 2 aromatic carbocycles. The number of aliphatic hydroxyl groups excluding tert-OH is 1. The molecule has 1 aliphatic rings. The molecule has 28 heavy (non-hydrogen) atoms. The van der Waals surface area contributed by atoms with E-state index in [0.29, 0.717) is 31.4 Å². The first-order chi connectivity index (χ1) is 13.3. The lowest BCUT2D eigenvalue weighted by molar-refractivity contribution is -0.136. The molecule has 1 aliphatic carbocycles. The van der Waals surface area contributed by atoms with Gasteiger partial charge in [-0.1, -0.05) is 63.2 Å². The number of hydrogen-bond donors (Lipinski definition) is 1. The second-order valence-electron chi connectivity index (χ2n) is 8.56. The molecule has 1 fully saturated rings. The smallest absolute Gasteiger partial charge is 0.149 e. The molecule has 0 saturated heterocycles. The number of aliphatic hydroxyl groups is 1. The molecule has 0 spiro atoms. The average molecular weight is 380 g/mol. The van der Waals surface area contributed by atoms with Crippen LogP contribution in [0.25, 0.3) is 10.8 Å². The van der Waals surface area contributed by atoms with Gasteiger partial charge in [0.1, 0.15) is 17.5 Å². The van der Waals surface area contributed by atoms with Crippen molar-refractivity contribution in [2.45, 2.75) is 52.5 Å². The number of hydrogen-bond acceptors (Lipinski definition) is 4. The molecular formula is C24H29NO3. The van der Waals surface area contributed by atoms with Crippen LogP contribution in [0.5, 0.6) is 0 Å². The van der Waals surface area contributed by atoms with Crippen molar-refractivity contribution in [1.82, 2.24) is 0 Å². The van der Waals surface area contributed by atoms with Crippen molar-refractivity contribution in [3.8, 4) is 0 Å². The molecule has 0 aromatic heterocycles. The van der Waals surface area contributed by atoms with Crippen LogP contribution in [-0.2, 0) is 16.0 Å². The van der Waals surface area contributed by atoms with E-state index in [2.05, 4.69) is 18.2 Å². The van der Waals surface area contributed by atoms with E-state index < -0.39 is 5.92 Å². The maximum atomic E-state index is 12.9. The third-order valence-electron chi connectivity index (χ3n) is 5.56. The van der Waals surface area contributed by atoms with Crippen molar-refractivity contribution in [3.63, 3.8) is 0 Å². The number of carbonyl (C=O) groups excluding carboxylic acids is 2. The summed E-state index contributed by atoms with van der Waals surface area (Å²) >= 11 is 0. The van der Waals surface area contributed by atoms with Gasteiger partial charge in [-0.25, -0.2) is 0 Å². The SMILES string of the molecule is CC[C@@H](CO)N=C(Cc1cccc2ccccc12)C1C(=O)CC(C)(C)CC1=O. The molecule has 0 radical (unpaired) electrons. The Kier molecular flexibility index (Phi) is 6.09. The van der Waals surface area contributed by atoms with Crippen molar-refractivity contribution in [2.24, 2.45) is 16.3 Å². The summed E-state index contributed by atoms with van der Waals surface area (Å²) in [5, 5.41) is 11.9. The highest BCUT2D eigenvalue weighted by Crippen LogP contribution is 2.35. The lowest BCUT2D eigenvalue weighted by atomic mass is 9.69. The largest absolute Gasteiger partial charge is 0.394 e. The second kappa shape index (κ2) is 8.36. The fourth-order valence-corrected chi connectivity index (χ4v) is 4.12. The summed E-state index contributed by atoms with van der Waals surface area (Å²) in [5.74, 6) is -0.881. The Morgan fingerprint density at radius 2 is 1.75 bits per heavy atom. The first-order valence-electron chi connectivity index (χ1n) is 10.0. The van der Waals surface area contributed by atoms with Crippen molar-refractivity contribution < 1.29 is 14.7 Å². The summed E-state index contributed by atoms with van der Waals surface area (Å²) in [6, 6.07) is 13.9. The summed E-state index contributed by atoms with van der Waals surface area (Å²) < 4.78 is 0. The van der Waals surface area contributed by atoms with E-state index in [1.165, 1.54) is 0 Å². The van der Waals surface area contributed by atoms with E-state index in [1.807, 2.05) is 45.0 Å². The number of benzene rings is 2. The number of Topliss-reactive ketones (excluding diaryl/α,β-unsaturated/α-hetero) is 2. The Morgan fingerprint density at radius 1 is 1.11 bits per heavy atom. The van der Waals surface area contributed by atoms with E-state index in [-0.39, 0.29) is 29.6 Å². The topological polar surface area (TPSA) is 66.7 Å². The molecule has 148 valence electrons.